The van der Waals surface area contributed by atoms with Crippen LogP contribution in [-0.4, -0.2) is 53.2 Å². The SMILES string of the molecule is COc1nc(NCC2Cc3ccccc3CN2C)ncc1F.O=CO. The molecule has 2 heterocycles. The molecule has 2 N–H and O–H groups in total. The molecule has 1 unspecified atom stereocenters. The predicted molar refractivity (Wildman–Crippen MR) is 91.1 cm³/mol. The topological polar surface area (TPSA) is 87.6 Å². The maximum absolute atomic E-state index is 13.3. The van der Waals surface area contributed by atoms with Gasteiger partial charge in [-0.25, -0.2) is 4.98 Å². The minimum atomic E-state index is -0.559. The second kappa shape index (κ2) is 8.93. The van der Waals surface area contributed by atoms with Gasteiger partial charge in [0, 0.05) is 19.1 Å². The molecule has 1 aromatic carbocycles. The Morgan fingerprint density at radius 3 is 2.80 bits per heavy atom. The summed E-state index contributed by atoms with van der Waals surface area (Å²) in [6.45, 7) is 1.37. The molecular weight excluding hydrogens is 327 g/mol. The van der Waals surface area contributed by atoms with Crippen LogP contribution in [0.5, 0.6) is 5.88 Å². The van der Waals surface area contributed by atoms with Crippen LogP contribution in [0.4, 0.5) is 10.3 Å². The van der Waals surface area contributed by atoms with E-state index < -0.39 is 5.82 Å². The Labute approximate surface area is 145 Å². The van der Waals surface area contributed by atoms with Gasteiger partial charge in [-0.05, 0) is 24.6 Å². The number of carboxylic acid groups (broad SMARTS) is 1. The van der Waals surface area contributed by atoms with Gasteiger partial charge in [-0.3, -0.25) is 9.69 Å². The highest BCUT2D eigenvalue weighted by atomic mass is 19.1. The van der Waals surface area contributed by atoms with E-state index in [4.69, 9.17) is 14.6 Å². The summed E-state index contributed by atoms with van der Waals surface area (Å²) in [6, 6.07) is 8.83. The summed E-state index contributed by atoms with van der Waals surface area (Å²) < 4.78 is 18.2. The first-order chi connectivity index (χ1) is 12.1. The highest BCUT2D eigenvalue weighted by Crippen LogP contribution is 2.22. The molecule has 1 aliphatic rings. The molecule has 0 spiro atoms. The molecule has 7 nitrogen and oxygen atoms in total. The van der Waals surface area contributed by atoms with Crippen molar-refractivity contribution in [2.24, 2.45) is 0 Å². The summed E-state index contributed by atoms with van der Waals surface area (Å²) in [5.41, 5.74) is 2.76. The molecule has 0 bridgehead atoms. The molecule has 134 valence electrons. The Morgan fingerprint density at radius 1 is 1.44 bits per heavy atom. The van der Waals surface area contributed by atoms with E-state index in [0.29, 0.717) is 18.5 Å². The highest BCUT2D eigenvalue weighted by molar-refractivity contribution is 5.33. The molecule has 0 amide bonds. The van der Waals surface area contributed by atoms with Crippen molar-refractivity contribution >= 4 is 12.4 Å². The van der Waals surface area contributed by atoms with Crippen molar-refractivity contribution < 1.29 is 19.0 Å². The van der Waals surface area contributed by atoms with Crippen LogP contribution in [0.3, 0.4) is 0 Å². The van der Waals surface area contributed by atoms with Crippen molar-refractivity contribution in [2.75, 3.05) is 26.0 Å². The van der Waals surface area contributed by atoms with Crippen molar-refractivity contribution in [1.82, 2.24) is 14.9 Å². The van der Waals surface area contributed by atoms with Crippen LogP contribution >= 0.6 is 0 Å². The standard InChI is InChI=1S/C16H19FN4O.CH2O2/c1-21-10-12-6-4-3-5-11(12)7-13(21)8-18-16-19-9-14(17)15(20-16)22-2;2-1-3/h3-6,9,13H,7-8,10H2,1-2H3,(H,18,19,20);1H,(H,2,3). The number of nitrogens with one attached hydrogen (secondary N) is 1. The lowest BCUT2D eigenvalue weighted by molar-refractivity contribution is -0.122. The van der Waals surface area contributed by atoms with Crippen molar-refractivity contribution in [1.29, 1.82) is 0 Å². The zero-order chi connectivity index (χ0) is 18.2. The van der Waals surface area contributed by atoms with Crippen molar-refractivity contribution in [3.05, 3.63) is 47.4 Å². The normalized spacial score (nSPS) is 16.2. The van der Waals surface area contributed by atoms with Crippen LogP contribution in [0.25, 0.3) is 0 Å². The van der Waals surface area contributed by atoms with Crippen LogP contribution in [0, 0.1) is 5.82 Å². The van der Waals surface area contributed by atoms with E-state index >= 15 is 0 Å². The van der Waals surface area contributed by atoms with E-state index in [1.54, 1.807) is 0 Å². The van der Waals surface area contributed by atoms with Gasteiger partial charge < -0.3 is 15.2 Å². The van der Waals surface area contributed by atoms with Gasteiger partial charge in [0.15, 0.2) is 0 Å². The highest BCUT2D eigenvalue weighted by Gasteiger charge is 2.23. The van der Waals surface area contributed by atoms with E-state index in [1.165, 1.54) is 18.2 Å². The van der Waals surface area contributed by atoms with Gasteiger partial charge in [0.25, 0.3) is 12.4 Å². The number of fused-ring (bicyclic) bond motifs is 1. The van der Waals surface area contributed by atoms with Gasteiger partial charge in [0.2, 0.25) is 11.8 Å². The first-order valence-electron chi connectivity index (χ1n) is 7.74. The Kier molecular flexibility index (Phi) is 6.64. The first kappa shape index (κ1) is 18.6. The summed E-state index contributed by atoms with van der Waals surface area (Å²) in [6.07, 6.45) is 2.09. The molecule has 0 saturated carbocycles. The lowest BCUT2D eigenvalue weighted by atomic mass is 9.94. The number of benzene rings is 1. The summed E-state index contributed by atoms with van der Waals surface area (Å²) in [4.78, 5) is 18.6. The van der Waals surface area contributed by atoms with E-state index in [1.807, 2.05) is 0 Å². The van der Waals surface area contributed by atoms with Gasteiger partial charge in [-0.2, -0.15) is 9.37 Å². The molecule has 1 aliphatic heterocycles. The first-order valence-corrected chi connectivity index (χ1v) is 7.74. The summed E-state index contributed by atoms with van der Waals surface area (Å²) in [7, 11) is 3.50. The van der Waals surface area contributed by atoms with Gasteiger partial charge in [-0.1, -0.05) is 24.3 Å². The molecule has 0 fully saturated rings. The summed E-state index contributed by atoms with van der Waals surface area (Å²) in [5, 5.41) is 10.1. The fraction of sp³-hybridized carbons (Fsp3) is 0.353. The molecule has 3 rings (SSSR count). The molecule has 1 atom stereocenters. The van der Waals surface area contributed by atoms with Crippen molar-refractivity contribution in [2.45, 2.75) is 19.0 Å². The van der Waals surface area contributed by atoms with E-state index in [9.17, 15) is 4.39 Å². The number of ether oxygens (including phenoxy) is 1. The monoisotopic (exact) mass is 348 g/mol. The minimum absolute atomic E-state index is 0.0418. The predicted octanol–water partition coefficient (Wildman–Crippen LogP) is 1.79. The number of likely N-dealkylation sites (N-methyl/N-ethyl adjacent to an activating group) is 1. The fourth-order valence-corrected chi connectivity index (χ4v) is 2.74. The Morgan fingerprint density at radius 2 is 2.12 bits per heavy atom. The van der Waals surface area contributed by atoms with Gasteiger partial charge >= 0.3 is 0 Å². The summed E-state index contributed by atoms with van der Waals surface area (Å²) in [5.74, 6) is -0.220. The average molecular weight is 348 g/mol. The number of carbonyl (C=O) groups is 1. The zero-order valence-corrected chi connectivity index (χ0v) is 14.1. The third-order valence-electron chi connectivity index (χ3n) is 4.02. The smallest absolute Gasteiger partial charge is 0.290 e. The van der Waals surface area contributed by atoms with Crippen molar-refractivity contribution in [3.63, 3.8) is 0 Å². The molecule has 0 aliphatic carbocycles. The quantitative estimate of drug-likeness (QED) is 0.815. The van der Waals surface area contributed by atoms with Crippen LogP contribution in [0.2, 0.25) is 0 Å². The number of hydrogen-bond donors (Lipinski definition) is 2. The van der Waals surface area contributed by atoms with Crippen LogP contribution in [0.15, 0.2) is 30.5 Å². The number of rotatable bonds is 4. The van der Waals surface area contributed by atoms with E-state index in [2.05, 4.69) is 51.5 Å². The number of anilines is 1. The Bertz CT molecular complexity index is 714. The molecule has 2 aromatic rings. The molecular formula is C17H21FN4O3. The number of aromatic nitrogens is 2. The largest absolute Gasteiger partial charge is 0.483 e. The maximum atomic E-state index is 13.3. The van der Waals surface area contributed by atoms with E-state index in [0.717, 1.165) is 19.2 Å². The molecule has 0 radical (unpaired) electrons. The third-order valence-corrected chi connectivity index (χ3v) is 4.02. The second-order valence-electron chi connectivity index (χ2n) is 5.58. The zero-order valence-electron chi connectivity index (χ0n) is 14.1. The van der Waals surface area contributed by atoms with Crippen LogP contribution in [-0.2, 0) is 17.8 Å². The Balaban J connectivity index is 0.000000701. The molecule has 0 saturated heterocycles. The van der Waals surface area contributed by atoms with Gasteiger partial charge in [-0.15, -0.1) is 0 Å². The van der Waals surface area contributed by atoms with Crippen LogP contribution in [0.1, 0.15) is 11.1 Å². The number of methoxy groups -OCH3 is 1. The van der Waals surface area contributed by atoms with Gasteiger partial charge in [0.05, 0.1) is 13.3 Å². The maximum Gasteiger partial charge on any atom is 0.290 e. The lowest BCUT2D eigenvalue weighted by Gasteiger charge is -2.34. The summed E-state index contributed by atoms with van der Waals surface area (Å²) >= 11 is 0. The molecule has 25 heavy (non-hydrogen) atoms. The average Bonchev–Trinajstić information content (AvgIpc) is 2.61. The van der Waals surface area contributed by atoms with E-state index in [-0.39, 0.29) is 12.4 Å². The Hall–Kier alpha value is -2.74. The number of nitrogens with zero attached hydrogens (tertiary/aromatic N) is 3. The van der Waals surface area contributed by atoms with Crippen molar-refractivity contribution in [3.8, 4) is 5.88 Å². The molecule has 8 heteroatoms. The lowest BCUT2D eigenvalue weighted by Crippen LogP contribution is -2.42. The third kappa shape index (κ3) is 4.87. The van der Waals surface area contributed by atoms with Gasteiger partial charge in [0.1, 0.15) is 0 Å². The number of hydrogen-bond acceptors (Lipinski definition) is 6. The molecule has 1 aromatic heterocycles. The second-order valence-corrected chi connectivity index (χ2v) is 5.58. The van der Waals surface area contributed by atoms with Crippen LogP contribution < -0.4 is 10.1 Å². The number of halogens is 1. The minimum Gasteiger partial charge on any atom is -0.483 e. The fourth-order valence-electron chi connectivity index (χ4n) is 2.74.